The van der Waals surface area contributed by atoms with Gasteiger partial charge in [-0.1, -0.05) is 29.8 Å². The third-order valence-corrected chi connectivity index (χ3v) is 5.19. The van der Waals surface area contributed by atoms with E-state index in [9.17, 15) is 10.1 Å². The fraction of sp³-hybridized carbons (Fsp3) is 0.0833. The molecule has 0 unspecified atom stereocenters. The first-order valence-corrected chi connectivity index (χ1v) is 10.9. The van der Waals surface area contributed by atoms with Gasteiger partial charge in [-0.05, 0) is 66.9 Å². The lowest BCUT2D eigenvalue weighted by atomic mass is 10.1. The number of aryl methyl sites for hydroxylation is 2. The van der Waals surface area contributed by atoms with E-state index >= 15 is 0 Å². The monoisotopic (exact) mass is 488 g/mol. The minimum absolute atomic E-state index is 0.0130. The molecular formula is C24H21ClN8O2. The zero-order valence-corrected chi connectivity index (χ0v) is 19.6. The Kier molecular flexibility index (Phi) is 7.12. The van der Waals surface area contributed by atoms with E-state index < -0.39 is 4.92 Å². The first kappa shape index (κ1) is 23.6. The number of halogens is 1. The van der Waals surface area contributed by atoms with Gasteiger partial charge in [0.1, 0.15) is 0 Å². The van der Waals surface area contributed by atoms with Gasteiger partial charge in [0, 0.05) is 28.5 Å². The van der Waals surface area contributed by atoms with Crippen molar-refractivity contribution in [3.63, 3.8) is 0 Å². The van der Waals surface area contributed by atoms with E-state index in [-0.39, 0.29) is 23.5 Å². The molecule has 11 heteroatoms. The number of benzene rings is 3. The predicted molar refractivity (Wildman–Crippen MR) is 138 cm³/mol. The summed E-state index contributed by atoms with van der Waals surface area (Å²) in [5.41, 5.74) is 7.28. The van der Waals surface area contributed by atoms with Gasteiger partial charge in [0.15, 0.2) is 0 Å². The Bertz CT molecular complexity index is 1390. The Morgan fingerprint density at radius 1 is 0.857 bits per heavy atom. The fourth-order valence-electron chi connectivity index (χ4n) is 3.03. The Hall–Kier alpha value is -4.57. The van der Waals surface area contributed by atoms with Crippen molar-refractivity contribution in [2.75, 3.05) is 16.1 Å². The fourth-order valence-corrected chi connectivity index (χ4v) is 3.23. The molecule has 0 amide bonds. The maximum absolute atomic E-state index is 10.9. The second-order valence-electron chi connectivity index (χ2n) is 7.58. The number of nitro groups is 1. The molecule has 4 aromatic rings. The van der Waals surface area contributed by atoms with Crippen LogP contribution in [0.1, 0.15) is 16.7 Å². The minimum Gasteiger partial charge on any atom is -0.324 e. The molecule has 3 N–H and O–H groups in total. The molecule has 0 fully saturated rings. The number of anilines is 5. The molecular weight excluding hydrogens is 468 g/mol. The summed E-state index contributed by atoms with van der Waals surface area (Å²) in [4.78, 5) is 23.6. The van der Waals surface area contributed by atoms with Crippen LogP contribution in [0.5, 0.6) is 0 Å². The van der Waals surface area contributed by atoms with E-state index in [0.717, 1.165) is 16.8 Å². The molecule has 1 heterocycles. The summed E-state index contributed by atoms with van der Waals surface area (Å²) in [7, 11) is 0. The van der Waals surface area contributed by atoms with Gasteiger partial charge in [-0.15, -0.1) is 0 Å². The second kappa shape index (κ2) is 10.6. The zero-order valence-electron chi connectivity index (χ0n) is 18.9. The summed E-state index contributed by atoms with van der Waals surface area (Å²) < 4.78 is 0. The van der Waals surface area contributed by atoms with Crippen LogP contribution >= 0.6 is 11.6 Å². The van der Waals surface area contributed by atoms with Crippen LogP contribution in [0.4, 0.5) is 34.9 Å². The Labute approximate surface area is 206 Å². The Balaban J connectivity index is 1.60. The quantitative estimate of drug-likeness (QED) is 0.157. The van der Waals surface area contributed by atoms with Gasteiger partial charge in [-0.2, -0.15) is 20.1 Å². The van der Waals surface area contributed by atoms with E-state index in [4.69, 9.17) is 11.6 Å². The molecule has 10 nitrogen and oxygen atoms in total. The van der Waals surface area contributed by atoms with E-state index in [0.29, 0.717) is 10.7 Å². The number of nitrogens with one attached hydrogen (secondary N) is 3. The summed E-state index contributed by atoms with van der Waals surface area (Å²) in [6.45, 7) is 4.06. The number of aromatic nitrogens is 3. The first-order chi connectivity index (χ1) is 16.9. The maximum atomic E-state index is 10.9. The number of nitro benzene ring substituents is 1. The minimum atomic E-state index is -0.460. The molecule has 0 saturated heterocycles. The van der Waals surface area contributed by atoms with Crippen LogP contribution in [-0.2, 0) is 0 Å². The molecule has 0 spiro atoms. The lowest BCUT2D eigenvalue weighted by Crippen LogP contribution is -2.07. The topological polar surface area (TPSA) is 130 Å². The third kappa shape index (κ3) is 6.49. The number of hydrogen-bond donors (Lipinski definition) is 3. The molecule has 4 rings (SSSR count). The standard InChI is InChI=1S/C24H21ClN8O2/c1-15-6-7-20(12-16(15)2)28-23-29-22(27-19-8-10-21(11-9-19)33(34)35)30-24(31-23)32-26-14-17-4-3-5-18(25)13-17/h3-14H,1-2H3,(H3,27,28,29,30,31,32)/b26-14-. The zero-order chi connectivity index (χ0) is 24.8. The summed E-state index contributed by atoms with van der Waals surface area (Å²) in [5, 5.41) is 21.9. The van der Waals surface area contributed by atoms with Crippen LogP contribution in [0.15, 0.2) is 71.8 Å². The van der Waals surface area contributed by atoms with Crippen LogP contribution < -0.4 is 16.1 Å². The molecule has 176 valence electrons. The van der Waals surface area contributed by atoms with Crippen molar-refractivity contribution < 1.29 is 4.92 Å². The Morgan fingerprint density at radius 2 is 1.51 bits per heavy atom. The van der Waals surface area contributed by atoms with Gasteiger partial charge in [-0.3, -0.25) is 10.1 Å². The summed E-state index contributed by atoms with van der Waals surface area (Å²) >= 11 is 6.02. The highest BCUT2D eigenvalue weighted by Crippen LogP contribution is 2.22. The molecule has 35 heavy (non-hydrogen) atoms. The highest BCUT2D eigenvalue weighted by Gasteiger charge is 2.10. The van der Waals surface area contributed by atoms with Crippen molar-refractivity contribution in [3.05, 3.63) is 98.6 Å². The van der Waals surface area contributed by atoms with E-state index in [1.54, 1.807) is 30.5 Å². The highest BCUT2D eigenvalue weighted by atomic mass is 35.5. The largest absolute Gasteiger partial charge is 0.324 e. The predicted octanol–water partition coefficient (Wildman–Crippen LogP) is 5.98. The number of non-ortho nitro benzene ring substituents is 1. The van der Waals surface area contributed by atoms with Gasteiger partial charge in [0.25, 0.3) is 5.69 Å². The molecule has 0 aliphatic rings. The van der Waals surface area contributed by atoms with E-state index in [1.807, 2.05) is 44.2 Å². The summed E-state index contributed by atoms with van der Waals surface area (Å²) in [6, 6.07) is 19.1. The van der Waals surface area contributed by atoms with Crippen LogP contribution in [0.3, 0.4) is 0 Å². The molecule has 0 saturated carbocycles. The van der Waals surface area contributed by atoms with Crippen molar-refractivity contribution in [2.24, 2.45) is 5.10 Å². The molecule has 0 atom stereocenters. The van der Waals surface area contributed by atoms with Crippen molar-refractivity contribution >= 4 is 52.7 Å². The average Bonchev–Trinajstić information content (AvgIpc) is 2.82. The van der Waals surface area contributed by atoms with Gasteiger partial charge in [0.05, 0.1) is 11.1 Å². The third-order valence-electron chi connectivity index (χ3n) is 4.96. The lowest BCUT2D eigenvalue weighted by molar-refractivity contribution is -0.384. The van der Waals surface area contributed by atoms with Crippen molar-refractivity contribution in [1.82, 2.24) is 15.0 Å². The SMILES string of the molecule is Cc1ccc(Nc2nc(N/N=C\c3cccc(Cl)c3)nc(Nc3ccc([N+](=O)[O-])cc3)n2)cc1C. The van der Waals surface area contributed by atoms with Crippen LogP contribution in [-0.4, -0.2) is 26.1 Å². The molecule has 0 radical (unpaired) electrons. The van der Waals surface area contributed by atoms with E-state index in [2.05, 4.69) is 36.1 Å². The number of hydrazone groups is 1. The van der Waals surface area contributed by atoms with Crippen molar-refractivity contribution in [2.45, 2.75) is 13.8 Å². The molecule has 1 aromatic heterocycles. The maximum Gasteiger partial charge on any atom is 0.269 e. The van der Waals surface area contributed by atoms with Crippen LogP contribution in [0, 0.1) is 24.0 Å². The van der Waals surface area contributed by atoms with Crippen molar-refractivity contribution in [3.8, 4) is 0 Å². The van der Waals surface area contributed by atoms with Gasteiger partial charge in [-0.25, -0.2) is 5.43 Å². The van der Waals surface area contributed by atoms with Crippen LogP contribution in [0.2, 0.25) is 5.02 Å². The molecule has 0 aliphatic heterocycles. The van der Waals surface area contributed by atoms with Crippen LogP contribution in [0.25, 0.3) is 0 Å². The number of rotatable bonds is 8. The summed E-state index contributed by atoms with van der Waals surface area (Å²) in [6.07, 6.45) is 1.59. The second-order valence-corrected chi connectivity index (χ2v) is 8.02. The smallest absolute Gasteiger partial charge is 0.269 e. The number of hydrogen-bond acceptors (Lipinski definition) is 9. The molecule has 3 aromatic carbocycles. The van der Waals surface area contributed by atoms with Gasteiger partial charge in [0.2, 0.25) is 17.8 Å². The normalized spacial score (nSPS) is 10.8. The average molecular weight is 489 g/mol. The van der Waals surface area contributed by atoms with E-state index in [1.165, 1.54) is 17.7 Å². The molecule has 0 bridgehead atoms. The lowest BCUT2D eigenvalue weighted by Gasteiger charge is -2.11. The first-order valence-electron chi connectivity index (χ1n) is 10.5. The number of nitrogens with zero attached hydrogens (tertiary/aromatic N) is 5. The van der Waals surface area contributed by atoms with Gasteiger partial charge >= 0.3 is 0 Å². The molecule has 0 aliphatic carbocycles. The Morgan fingerprint density at radius 3 is 2.17 bits per heavy atom. The van der Waals surface area contributed by atoms with Gasteiger partial charge < -0.3 is 10.6 Å². The summed E-state index contributed by atoms with van der Waals surface area (Å²) in [5.74, 6) is 0.697. The van der Waals surface area contributed by atoms with Crippen molar-refractivity contribution in [1.29, 1.82) is 0 Å². The highest BCUT2D eigenvalue weighted by molar-refractivity contribution is 6.30.